The molecule has 9 heteroatoms. The molecule has 0 aliphatic rings. The van der Waals surface area contributed by atoms with Gasteiger partial charge >= 0.3 is 6.18 Å². The van der Waals surface area contributed by atoms with E-state index in [4.69, 9.17) is 0 Å². The Morgan fingerprint density at radius 2 is 1.83 bits per heavy atom. The highest BCUT2D eigenvalue weighted by molar-refractivity contribution is 5.87. The third-order valence-electron chi connectivity index (χ3n) is 4.26. The smallest absolute Gasteiger partial charge is 0.273 e. The Morgan fingerprint density at radius 3 is 2.45 bits per heavy atom. The molecule has 0 saturated carbocycles. The van der Waals surface area contributed by atoms with Crippen LogP contribution in [0.25, 0.3) is 10.9 Å². The number of hydrogen-bond donors (Lipinski definition) is 1. The summed E-state index contributed by atoms with van der Waals surface area (Å²) in [5, 5.41) is -0.248. The van der Waals surface area contributed by atoms with Gasteiger partial charge in [-0.2, -0.15) is 13.2 Å². The number of amides is 1. The minimum Gasteiger partial charge on any atom is -0.273 e. The van der Waals surface area contributed by atoms with Crippen molar-refractivity contribution in [1.82, 2.24) is 9.66 Å². The third kappa shape index (κ3) is 4.44. The number of nitrogens with zero attached hydrogens (tertiary/aromatic N) is 2. The Kier molecular flexibility index (Phi) is 5.67. The van der Waals surface area contributed by atoms with E-state index >= 15 is 0 Å². The first-order chi connectivity index (χ1) is 13.7. The van der Waals surface area contributed by atoms with Crippen molar-refractivity contribution in [3.63, 3.8) is 0 Å². The van der Waals surface area contributed by atoms with Gasteiger partial charge in [0, 0.05) is 6.42 Å². The van der Waals surface area contributed by atoms with E-state index in [9.17, 15) is 27.2 Å². The zero-order chi connectivity index (χ0) is 21.2. The van der Waals surface area contributed by atoms with Crippen LogP contribution in [0, 0.1) is 5.82 Å². The van der Waals surface area contributed by atoms with E-state index in [1.807, 2.05) is 0 Å². The second-order valence-electron chi connectivity index (χ2n) is 6.46. The molecule has 1 amide bonds. The SMILES string of the molecule is CCCc1nc2c(C(F)(F)F)cccc2c(=O)n1NC(=O)Cc1ccc(F)cc1. The van der Waals surface area contributed by atoms with Crippen LogP contribution in [0.15, 0.2) is 47.3 Å². The Bertz CT molecular complexity index is 1110. The van der Waals surface area contributed by atoms with Crippen LogP contribution in [0.4, 0.5) is 17.6 Å². The van der Waals surface area contributed by atoms with Crippen LogP contribution in [0.5, 0.6) is 0 Å². The number of hydrogen-bond acceptors (Lipinski definition) is 3. The molecule has 152 valence electrons. The van der Waals surface area contributed by atoms with Crippen molar-refractivity contribution in [2.75, 3.05) is 5.43 Å². The summed E-state index contributed by atoms with van der Waals surface area (Å²) in [5.41, 5.74) is 0.674. The van der Waals surface area contributed by atoms with Crippen LogP contribution in [0.3, 0.4) is 0 Å². The van der Waals surface area contributed by atoms with E-state index in [0.717, 1.165) is 16.8 Å². The molecular weight excluding hydrogens is 390 g/mol. The Labute approximate surface area is 163 Å². The fourth-order valence-corrected chi connectivity index (χ4v) is 2.94. The molecule has 0 fully saturated rings. The van der Waals surface area contributed by atoms with Gasteiger partial charge in [-0.15, -0.1) is 0 Å². The minimum absolute atomic E-state index is 0.0224. The highest BCUT2D eigenvalue weighted by atomic mass is 19.4. The lowest BCUT2D eigenvalue weighted by molar-refractivity contribution is -0.136. The van der Waals surface area contributed by atoms with Crippen molar-refractivity contribution in [2.45, 2.75) is 32.4 Å². The molecule has 1 heterocycles. The van der Waals surface area contributed by atoms with Crippen molar-refractivity contribution in [2.24, 2.45) is 0 Å². The van der Waals surface area contributed by atoms with Crippen LogP contribution in [-0.4, -0.2) is 15.6 Å². The molecule has 0 aliphatic carbocycles. The molecule has 0 aliphatic heterocycles. The van der Waals surface area contributed by atoms with Gasteiger partial charge in [0.05, 0.1) is 22.9 Å². The predicted molar refractivity (Wildman–Crippen MR) is 99.5 cm³/mol. The summed E-state index contributed by atoms with van der Waals surface area (Å²) in [7, 11) is 0. The molecule has 0 atom stereocenters. The number of aryl methyl sites for hydroxylation is 1. The maximum atomic E-state index is 13.3. The molecule has 29 heavy (non-hydrogen) atoms. The summed E-state index contributed by atoms with van der Waals surface area (Å²) in [6, 6.07) is 8.48. The molecule has 2 aromatic carbocycles. The highest BCUT2D eigenvalue weighted by Crippen LogP contribution is 2.33. The maximum absolute atomic E-state index is 13.3. The van der Waals surface area contributed by atoms with E-state index in [-0.39, 0.29) is 24.1 Å². The molecule has 0 saturated heterocycles. The average molecular weight is 407 g/mol. The molecular formula is C20H17F4N3O2. The fourth-order valence-electron chi connectivity index (χ4n) is 2.94. The predicted octanol–water partition coefficient (Wildman–Crippen LogP) is 3.82. The lowest BCUT2D eigenvalue weighted by Crippen LogP contribution is -2.37. The molecule has 1 aromatic heterocycles. The summed E-state index contributed by atoms with van der Waals surface area (Å²) in [5.74, 6) is -1.01. The number of carbonyl (C=O) groups excluding carboxylic acids is 1. The normalized spacial score (nSPS) is 11.6. The van der Waals surface area contributed by atoms with Crippen LogP contribution < -0.4 is 11.0 Å². The largest absolute Gasteiger partial charge is 0.418 e. The van der Waals surface area contributed by atoms with Gasteiger partial charge in [-0.3, -0.25) is 15.0 Å². The molecule has 0 bridgehead atoms. The number of carbonyl (C=O) groups is 1. The lowest BCUT2D eigenvalue weighted by Gasteiger charge is -2.16. The van der Waals surface area contributed by atoms with Crippen molar-refractivity contribution in [3.8, 4) is 0 Å². The van der Waals surface area contributed by atoms with E-state index in [2.05, 4.69) is 10.4 Å². The van der Waals surface area contributed by atoms with Crippen molar-refractivity contribution in [3.05, 3.63) is 75.6 Å². The standard InChI is InChI=1S/C20H17F4N3O2/c1-2-4-16-25-18-14(5-3-6-15(18)20(22,23)24)19(29)27(16)26-17(28)11-12-7-9-13(21)10-8-12/h3,5-10H,2,4,11H2,1H3,(H,26,28). The highest BCUT2D eigenvalue weighted by Gasteiger charge is 2.34. The summed E-state index contributed by atoms with van der Waals surface area (Å²) in [6.07, 6.45) is -4.12. The third-order valence-corrected chi connectivity index (χ3v) is 4.26. The lowest BCUT2D eigenvalue weighted by atomic mass is 10.1. The summed E-state index contributed by atoms with van der Waals surface area (Å²) in [6.45, 7) is 1.77. The fraction of sp³-hybridized carbons (Fsp3) is 0.250. The number of para-hydroxylation sites is 1. The van der Waals surface area contributed by atoms with Gasteiger partial charge in [-0.25, -0.2) is 14.1 Å². The minimum atomic E-state index is -4.67. The van der Waals surface area contributed by atoms with Crippen molar-refractivity contribution >= 4 is 16.8 Å². The Morgan fingerprint density at radius 1 is 1.14 bits per heavy atom. The number of halogens is 4. The van der Waals surface area contributed by atoms with Gasteiger partial charge in [0.25, 0.3) is 5.56 Å². The van der Waals surface area contributed by atoms with E-state index in [1.54, 1.807) is 6.92 Å². The molecule has 1 N–H and O–H groups in total. The van der Waals surface area contributed by atoms with Gasteiger partial charge in [0.2, 0.25) is 5.91 Å². The van der Waals surface area contributed by atoms with Crippen molar-refractivity contribution in [1.29, 1.82) is 0 Å². The van der Waals surface area contributed by atoms with Crippen molar-refractivity contribution < 1.29 is 22.4 Å². The molecule has 0 unspecified atom stereocenters. The Balaban J connectivity index is 2.03. The average Bonchev–Trinajstić information content (AvgIpc) is 2.66. The topological polar surface area (TPSA) is 64.0 Å². The summed E-state index contributed by atoms with van der Waals surface area (Å²) >= 11 is 0. The molecule has 3 aromatic rings. The van der Waals surface area contributed by atoms with Gasteiger partial charge < -0.3 is 0 Å². The van der Waals surface area contributed by atoms with Crippen LogP contribution >= 0.6 is 0 Å². The molecule has 5 nitrogen and oxygen atoms in total. The van der Waals surface area contributed by atoms with Gasteiger partial charge in [0.15, 0.2) is 0 Å². The number of benzene rings is 2. The zero-order valence-corrected chi connectivity index (χ0v) is 15.4. The molecule has 0 spiro atoms. The van der Waals surface area contributed by atoms with Crippen LogP contribution in [-0.2, 0) is 23.8 Å². The number of alkyl halides is 3. The van der Waals surface area contributed by atoms with E-state index in [1.165, 1.54) is 30.3 Å². The van der Waals surface area contributed by atoms with E-state index < -0.39 is 34.5 Å². The maximum Gasteiger partial charge on any atom is 0.418 e. The summed E-state index contributed by atoms with van der Waals surface area (Å²) < 4.78 is 53.8. The van der Waals surface area contributed by atoms with Crippen LogP contribution in [0.2, 0.25) is 0 Å². The second kappa shape index (κ2) is 8.02. The molecule has 3 rings (SSSR count). The first-order valence-corrected chi connectivity index (χ1v) is 8.87. The number of rotatable bonds is 5. The van der Waals surface area contributed by atoms with E-state index in [0.29, 0.717) is 12.0 Å². The van der Waals surface area contributed by atoms with Gasteiger partial charge in [-0.1, -0.05) is 25.1 Å². The quantitative estimate of drug-likeness (QED) is 0.654. The number of fused-ring (bicyclic) bond motifs is 1. The monoisotopic (exact) mass is 407 g/mol. The first-order valence-electron chi connectivity index (χ1n) is 8.87. The second-order valence-corrected chi connectivity index (χ2v) is 6.46. The number of nitrogens with one attached hydrogen (secondary N) is 1. The first kappa shape index (κ1) is 20.5. The number of aromatic nitrogens is 2. The van der Waals surface area contributed by atoms with Crippen LogP contribution in [0.1, 0.15) is 30.3 Å². The molecule has 0 radical (unpaired) electrons. The van der Waals surface area contributed by atoms with Gasteiger partial charge in [0.1, 0.15) is 11.6 Å². The zero-order valence-electron chi connectivity index (χ0n) is 15.4. The van der Waals surface area contributed by atoms with Gasteiger partial charge in [-0.05, 0) is 36.2 Å². The Hall–Kier alpha value is -3.23. The summed E-state index contributed by atoms with van der Waals surface area (Å²) in [4.78, 5) is 29.2.